The SMILES string of the molecule is O=c1c(Cc2cccc(Br)n2)c(-c2ccc(Br)cc2)oc2cc(OCc3ccccc3)ccc12. The summed E-state index contributed by atoms with van der Waals surface area (Å²) in [4.78, 5) is 18.1. The van der Waals surface area contributed by atoms with E-state index in [0.29, 0.717) is 41.1 Å². The molecule has 4 nitrogen and oxygen atoms in total. The average Bonchev–Trinajstić information content (AvgIpc) is 2.85. The number of nitrogens with zero attached hydrogens (tertiary/aromatic N) is 1. The Bertz CT molecular complexity index is 1510. The molecule has 0 fully saturated rings. The first-order chi connectivity index (χ1) is 16.6. The van der Waals surface area contributed by atoms with E-state index in [2.05, 4.69) is 36.8 Å². The Morgan fingerprint density at radius 2 is 1.65 bits per heavy atom. The molecule has 0 saturated heterocycles. The number of hydrogen-bond donors (Lipinski definition) is 0. The van der Waals surface area contributed by atoms with Crippen LogP contribution in [0.5, 0.6) is 5.75 Å². The van der Waals surface area contributed by atoms with Gasteiger partial charge in [-0.15, -0.1) is 0 Å². The van der Waals surface area contributed by atoms with Crippen molar-refractivity contribution in [2.75, 3.05) is 0 Å². The smallest absolute Gasteiger partial charge is 0.196 e. The molecule has 2 aromatic heterocycles. The Labute approximate surface area is 213 Å². The van der Waals surface area contributed by atoms with Crippen LogP contribution in [0, 0.1) is 0 Å². The third-order valence-corrected chi connectivity index (χ3v) is 6.41. The number of halogens is 2. The number of ether oxygens (including phenoxy) is 1. The monoisotopic (exact) mass is 575 g/mol. The number of benzene rings is 3. The van der Waals surface area contributed by atoms with Crippen LogP contribution in [0.2, 0.25) is 0 Å². The van der Waals surface area contributed by atoms with E-state index in [-0.39, 0.29) is 5.43 Å². The predicted octanol–water partition coefficient (Wildman–Crippen LogP) is 7.55. The van der Waals surface area contributed by atoms with Crippen molar-refractivity contribution < 1.29 is 9.15 Å². The molecule has 168 valence electrons. The third-order valence-electron chi connectivity index (χ3n) is 5.44. The van der Waals surface area contributed by atoms with Gasteiger partial charge in [-0.05, 0) is 57.9 Å². The number of rotatable bonds is 6. The fourth-order valence-electron chi connectivity index (χ4n) is 3.77. The molecule has 0 N–H and O–H groups in total. The molecule has 0 atom stereocenters. The van der Waals surface area contributed by atoms with Gasteiger partial charge in [0.25, 0.3) is 0 Å². The Kier molecular flexibility index (Phi) is 6.61. The van der Waals surface area contributed by atoms with Gasteiger partial charge in [-0.25, -0.2) is 4.98 Å². The zero-order chi connectivity index (χ0) is 23.5. The second kappa shape index (κ2) is 9.95. The minimum absolute atomic E-state index is 0.0736. The molecule has 0 amide bonds. The van der Waals surface area contributed by atoms with Crippen LogP contribution in [-0.4, -0.2) is 4.98 Å². The van der Waals surface area contributed by atoms with Crippen molar-refractivity contribution in [3.63, 3.8) is 0 Å². The second-order valence-corrected chi connectivity index (χ2v) is 9.53. The highest BCUT2D eigenvalue weighted by molar-refractivity contribution is 9.10. The van der Waals surface area contributed by atoms with Crippen molar-refractivity contribution in [3.05, 3.63) is 127 Å². The van der Waals surface area contributed by atoms with E-state index in [1.165, 1.54) is 0 Å². The molecule has 0 aliphatic rings. The summed E-state index contributed by atoms with van der Waals surface area (Å²) >= 11 is 6.89. The zero-order valence-corrected chi connectivity index (χ0v) is 21.2. The maximum Gasteiger partial charge on any atom is 0.196 e. The van der Waals surface area contributed by atoms with Crippen molar-refractivity contribution in [1.82, 2.24) is 4.98 Å². The van der Waals surface area contributed by atoms with Crippen LogP contribution >= 0.6 is 31.9 Å². The van der Waals surface area contributed by atoms with Crippen molar-refractivity contribution in [2.24, 2.45) is 0 Å². The van der Waals surface area contributed by atoms with Gasteiger partial charge in [0.2, 0.25) is 0 Å². The molecule has 0 bridgehead atoms. The van der Waals surface area contributed by atoms with Crippen LogP contribution in [0.25, 0.3) is 22.3 Å². The first-order valence-corrected chi connectivity index (χ1v) is 12.3. The lowest BCUT2D eigenvalue weighted by molar-refractivity contribution is 0.306. The van der Waals surface area contributed by atoms with Crippen molar-refractivity contribution in [1.29, 1.82) is 0 Å². The van der Waals surface area contributed by atoms with Gasteiger partial charge in [-0.1, -0.05) is 64.5 Å². The van der Waals surface area contributed by atoms with E-state index in [4.69, 9.17) is 9.15 Å². The third kappa shape index (κ3) is 4.98. The van der Waals surface area contributed by atoms with E-state index in [9.17, 15) is 4.79 Å². The number of fused-ring (bicyclic) bond motifs is 1. The summed E-state index contributed by atoms with van der Waals surface area (Å²) in [5, 5.41) is 0.512. The van der Waals surface area contributed by atoms with Crippen LogP contribution in [0.15, 0.2) is 109 Å². The lowest BCUT2D eigenvalue weighted by Crippen LogP contribution is -2.12. The quantitative estimate of drug-likeness (QED) is 0.196. The second-order valence-electron chi connectivity index (χ2n) is 7.81. The van der Waals surface area contributed by atoms with Gasteiger partial charge in [0, 0.05) is 33.8 Å². The minimum atomic E-state index is -0.0736. The Morgan fingerprint density at radius 1 is 0.853 bits per heavy atom. The summed E-state index contributed by atoms with van der Waals surface area (Å²) < 4.78 is 14.0. The molecule has 34 heavy (non-hydrogen) atoms. The van der Waals surface area contributed by atoms with Crippen molar-refractivity contribution in [3.8, 4) is 17.1 Å². The fourth-order valence-corrected chi connectivity index (χ4v) is 4.41. The molecule has 0 aliphatic heterocycles. The van der Waals surface area contributed by atoms with E-state index in [1.54, 1.807) is 12.1 Å². The van der Waals surface area contributed by atoms with Crippen LogP contribution in [-0.2, 0) is 13.0 Å². The fraction of sp³-hybridized carbons (Fsp3) is 0.0714. The van der Waals surface area contributed by atoms with E-state index >= 15 is 0 Å². The predicted molar refractivity (Wildman–Crippen MR) is 141 cm³/mol. The first-order valence-electron chi connectivity index (χ1n) is 10.7. The average molecular weight is 577 g/mol. The number of pyridine rings is 1. The minimum Gasteiger partial charge on any atom is -0.489 e. The molecule has 5 rings (SSSR count). The number of aromatic nitrogens is 1. The summed E-state index contributed by atoms with van der Waals surface area (Å²) in [5.41, 5.74) is 3.65. The van der Waals surface area contributed by atoms with Crippen molar-refractivity contribution >= 4 is 42.8 Å². The van der Waals surface area contributed by atoms with Crippen molar-refractivity contribution in [2.45, 2.75) is 13.0 Å². The number of hydrogen-bond acceptors (Lipinski definition) is 4. The Balaban J connectivity index is 1.59. The summed E-state index contributed by atoms with van der Waals surface area (Å²) in [6.07, 6.45) is 0.357. The van der Waals surface area contributed by atoms with Gasteiger partial charge in [-0.2, -0.15) is 0 Å². The Hall–Kier alpha value is -3.22. The van der Waals surface area contributed by atoms with E-state index in [1.807, 2.05) is 78.9 Å². The van der Waals surface area contributed by atoms with Gasteiger partial charge in [-0.3, -0.25) is 4.79 Å². The zero-order valence-electron chi connectivity index (χ0n) is 18.0. The molecule has 0 saturated carbocycles. The van der Waals surface area contributed by atoms with Gasteiger partial charge >= 0.3 is 0 Å². The molecular weight excluding hydrogens is 558 g/mol. The van der Waals surface area contributed by atoms with Gasteiger partial charge in [0.05, 0.1) is 5.39 Å². The van der Waals surface area contributed by atoms with Crippen LogP contribution in [0.4, 0.5) is 0 Å². The molecule has 0 unspecified atom stereocenters. The largest absolute Gasteiger partial charge is 0.489 e. The van der Waals surface area contributed by atoms with Gasteiger partial charge in [0.15, 0.2) is 5.43 Å². The van der Waals surface area contributed by atoms with Gasteiger partial charge < -0.3 is 9.15 Å². The standard InChI is InChI=1S/C28H19Br2NO3/c29-20-11-9-19(10-12-20)28-24(15-21-7-4-8-26(30)31-21)27(32)23-14-13-22(16-25(23)34-28)33-17-18-5-2-1-3-6-18/h1-14,16H,15,17H2. The highest BCUT2D eigenvalue weighted by Gasteiger charge is 2.18. The molecule has 5 aromatic rings. The highest BCUT2D eigenvalue weighted by Crippen LogP contribution is 2.30. The lowest BCUT2D eigenvalue weighted by Gasteiger charge is -2.12. The first kappa shape index (κ1) is 22.6. The summed E-state index contributed by atoms with van der Waals surface area (Å²) in [7, 11) is 0. The maximum absolute atomic E-state index is 13.6. The summed E-state index contributed by atoms with van der Waals surface area (Å²) in [6, 6.07) is 28.7. The lowest BCUT2D eigenvalue weighted by atomic mass is 10.0. The van der Waals surface area contributed by atoms with E-state index < -0.39 is 0 Å². The highest BCUT2D eigenvalue weighted by atomic mass is 79.9. The normalized spacial score (nSPS) is 11.0. The molecular formula is C28H19Br2NO3. The van der Waals surface area contributed by atoms with Crippen LogP contribution < -0.4 is 10.2 Å². The summed E-state index contributed by atoms with van der Waals surface area (Å²) in [6.45, 7) is 0.433. The summed E-state index contributed by atoms with van der Waals surface area (Å²) in [5.74, 6) is 1.18. The van der Waals surface area contributed by atoms with E-state index in [0.717, 1.165) is 25.9 Å². The van der Waals surface area contributed by atoms with Crippen LogP contribution in [0.3, 0.4) is 0 Å². The molecule has 0 spiro atoms. The molecule has 0 radical (unpaired) electrons. The molecule has 6 heteroatoms. The van der Waals surface area contributed by atoms with Gasteiger partial charge in [0.1, 0.15) is 28.3 Å². The molecule has 3 aromatic carbocycles. The molecule has 2 heterocycles. The molecule has 0 aliphatic carbocycles. The Morgan fingerprint density at radius 3 is 2.41 bits per heavy atom. The topological polar surface area (TPSA) is 52.3 Å². The maximum atomic E-state index is 13.6. The van der Waals surface area contributed by atoms with Crippen LogP contribution in [0.1, 0.15) is 16.8 Å².